The first kappa shape index (κ1) is 14.3. The summed E-state index contributed by atoms with van der Waals surface area (Å²) in [5.74, 6) is 0.670. The Labute approximate surface area is 129 Å². The molecule has 0 saturated carbocycles. The Kier molecular flexibility index (Phi) is 3.88. The molecule has 1 aromatic heterocycles. The van der Waals surface area contributed by atoms with Gasteiger partial charge >= 0.3 is 0 Å². The van der Waals surface area contributed by atoms with Crippen LogP contribution < -0.4 is 9.30 Å². The number of ether oxygens (including phenoxy) is 1. The van der Waals surface area contributed by atoms with Crippen LogP contribution in [0.2, 0.25) is 0 Å². The molecule has 0 radical (unpaired) electrons. The van der Waals surface area contributed by atoms with E-state index in [1.807, 2.05) is 66.3 Å². The molecule has 0 aliphatic carbocycles. The third-order valence-electron chi connectivity index (χ3n) is 3.73. The lowest BCUT2D eigenvalue weighted by Crippen LogP contribution is -2.37. The highest BCUT2D eigenvalue weighted by Gasteiger charge is 2.17. The molecule has 0 spiro atoms. The van der Waals surface area contributed by atoms with Gasteiger partial charge in [-0.15, -0.1) is 0 Å². The van der Waals surface area contributed by atoms with Crippen LogP contribution in [0.3, 0.4) is 0 Å². The highest BCUT2D eigenvalue weighted by molar-refractivity contribution is 5.97. The number of carbonyl (C=O) groups excluding carboxylic acids is 1. The van der Waals surface area contributed by atoms with Crippen molar-refractivity contribution in [1.29, 1.82) is 0 Å². The van der Waals surface area contributed by atoms with Crippen molar-refractivity contribution >= 4 is 16.6 Å². The topological polar surface area (TPSA) is 30.2 Å². The first-order valence-electron chi connectivity index (χ1n) is 7.23. The number of ketones is 1. The Morgan fingerprint density at radius 2 is 1.86 bits per heavy atom. The second kappa shape index (κ2) is 5.98. The number of benzene rings is 2. The van der Waals surface area contributed by atoms with Crippen molar-refractivity contribution in [3.05, 3.63) is 72.1 Å². The minimum Gasteiger partial charge on any atom is -0.496 e. The molecule has 110 valence electrons. The summed E-state index contributed by atoms with van der Waals surface area (Å²) in [6, 6.07) is 15.8. The van der Waals surface area contributed by atoms with Gasteiger partial charge in [0.1, 0.15) is 5.75 Å². The SMILES string of the molecule is COc1cc(C)ccc1C(=O)C[n+]1ccc2ccccc2c1. The van der Waals surface area contributed by atoms with Gasteiger partial charge in [-0.3, -0.25) is 4.79 Å². The van der Waals surface area contributed by atoms with Crippen LogP contribution in [0.1, 0.15) is 15.9 Å². The maximum absolute atomic E-state index is 12.5. The van der Waals surface area contributed by atoms with Gasteiger partial charge in [-0.1, -0.05) is 24.3 Å². The smallest absolute Gasteiger partial charge is 0.231 e. The first-order chi connectivity index (χ1) is 10.7. The van der Waals surface area contributed by atoms with Gasteiger partial charge in [0, 0.05) is 11.5 Å². The number of hydrogen-bond acceptors (Lipinski definition) is 2. The highest BCUT2D eigenvalue weighted by Crippen LogP contribution is 2.20. The Bertz CT molecular complexity index is 840. The standard InChI is InChI=1S/C19H18NO2/c1-14-7-8-17(19(11-14)22-2)18(21)13-20-10-9-15-5-3-4-6-16(15)12-20/h3-12H,13H2,1-2H3/q+1. The molecule has 0 aliphatic rings. The molecule has 3 rings (SSSR count). The van der Waals surface area contributed by atoms with Gasteiger partial charge in [-0.2, -0.15) is 4.57 Å². The Hall–Kier alpha value is -2.68. The number of Topliss-reactive ketones (excluding diaryl/α,β-unsaturated/α-hetero) is 1. The maximum Gasteiger partial charge on any atom is 0.231 e. The summed E-state index contributed by atoms with van der Waals surface area (Å²) in [5.41, 5.74) is 1.69. The molecular formula is C19H18NO2+. The number of rotatable bonds is 4. The van der Waals surface area contributed by atoms with Gasteiger partial charge in [-0.25, -0.2) is 0 Å². The van der Waals surface area contributed by atoms with E-state index in [9.17, 15) is 4.79 Å². The minimum atomic E-state index is 0.0390. The van der Waals surface area contributed by atoms with Crippen LogP contribution >= 0.6 is 0 Å². The Morgan fingerprint density at radius 3 is 2.64 bits per heavy atom. The molecule has 0 N–H and O–H groups in total. The van der Waals surface area contributed by atoms with Crippen molar-refractivity contribution in [1.82, 2.24) is 0 Å². The number of hydrogen-bond donors (Lipinski definition) is 0. The van der Waals surface area contributed by atoms with Crippen LogP contribution in [-0.2, 0) is 6.54 Å². The summed E-state index contributed by atoms with van der Waals surface area (Å²) < 4.78 is 7.23. The van der Waals surface area contributed by atoms with Crippen LogP contribution in [-0.4, -0.2) is 12.9 Å². The monoisotopic (exact) mass is 292 g/mol. The number of fused-ring (bicyclic) bond motifs is 1. The fourth-order valence-corrected chi connectivity index (χ4v) is 2.56. The second-order valence-electron chi connectivity index (χ2n) is 5.37. The third kappa shape index (κ3) is 2.84. The number of methoxy groups -OCH3 is 1. The zero-order valence-corrected chi connectivity index (χ0v) is 12.7. The molecule has 0 unspecified atom stereocenters. The van der Waals surface area contributed by atoms with Crippen molar-refractivity contribution < 1.29 is 14.1 Å². The van der Waals surface area contributed by atoms with Crippen molar-refractivity contribution in [2.75, 3.05) is 7.11 Å². The first-order valence-corrected chi connectivity index (χ1v) is 7.23. The molecule has 0 amide bonds. The second-order valence-corrected chi connectivity index (χ2v) is 5.37. The van der Waals surface area contributed by atoms with E-state index in [2.05, 4.69) is 6.07 Å². The normalized spacial score (nSPS) is 10.6. The van der Waals surface area contributed by atoms with Gasteiger partial charge in [0.25, 0.3) is 0 Å². The number of nitrogens with zero attached hydrogens (tertiary/aromatic N) is 1. The van der Waals surface area contributed by atoms with E-state index in [0.717, 1.165) is 10.9 Å². The summed E-state index contributed by atoms with van der Waals surface area (Å²) >= 11 is 0. The van der Waals surface area contributed by atoms with Crippen LogP contribution in [0, 0.1) is 6.92 Å². The van der Waals surface area contributed by atoms with Gasteiger partial charge in [0.15, 0.2) is 12.4 Å². The van der Waals surface area contributed by atoms with Crippen molar-refractivity contribution in [3.8, 4) is 5.75 Å². The Morgan fingerprint density at radius 1 is 1.09 bits per heavy atom. The molecule has 3 aromatic rings. The molecule has 0 fully saturated rings. The molecule has 3 heteroatoms. The molecular weight excluding hydrogens is 274 g/mol. The lowest BCUT2D eigenvalue weighted by molar-refractivity contribution is -0.681. The van der Waals surface area contributed by atoms with E-state index in [-0.39, 0.29) is 5.78 Å². The van der Waals surface area contributed by atoms with E-state index in [0.29, 0.717) is 17.9 Å². The van der Waals surface area contributed by atoms with Crippen LogP contribution in [0.4, 0.5) is 0 Å². The molecule has 1 heterocycles. The Balaban J connectivity index is 1.89. The summed E-state index contributed by atoms with van der Waals surface area (Å²) in [4.78, 5) is 12.5. The van der Waals surface area contributed by atoms with Gasteiger partial charge in [0.2, 0.25) is 12.3 Å². The van der Waals surface area contributed by atoms with Crippen LogP contribution in [0.5, 0.6) is 5.75 Å². The van der Waals surface area contributed by atoms with E-state index in [1.54, 1.807) is 7.11 Å². The molecule has 22 heavy (non-hydrogen) atoms. The lowest BCUT2D eigenvalue weighted by atomic mass is 10.1. The average molecular weight is 292 g/mol. The average Bonchev–Trinajstić information content (AvgIpc) is 2.54. The number of carbonyl (C=O) groups is 1. The van der Waals surface area contributed by atoms with Crippen LogP contribution in [0.15, 0.2) is 60.9 Å². The summed E-state index contributed by atoms with van der Waals surface area (Å²) in [6.45, 7) is 2.28. The van der Waals surface area contributed by atoms with Gasteiger partial charge in [0.05, 0.1) is 12.7 Å². The molecule has 2 aromatic carbocycles. The fourth-order valence-electron chi connectivity index (χ4n) is 2.56. The number of aromatic nitrogens is 1. The minimum absolute atomic E-state index is 0.0390. The largest absolute Gasteiger partial charge is 0.496 e. The summed E-state index contributed by atoms with van der Waals surface area (Å²) in [6.07, 6.45) is 3.93. The molecule has 0 atom stereocenters. The summed E-state index contributed by atoms with van der Waals surface area (Å²) in [7, 11) is 1.59. The predicted octanol–water partition coefficient (Wildman–Crippen LogP) is 3.33. The van der Waals surface area contributed by atoms with E-state index in [4.69, 9.17) is 4.74 Å². The van der Waals surface area contributed by atoms with E-state index >= 15 is 0 Å². The quantitative estimate of drug-likeness (QED) is 0.545. The van der Waals surface area contributed by atoms with Gasteiger partial charge in [-0.05, 0) is 36.1 Å². The fraction of sp³-hybridized carbons (Fsp3) is 0.158. The third-order valence-corrected chi connectivity index (χ3v) is 3.73. The molecule has 0 aliphatic heterocycles. The predicted molar refractivity (Wildman–Crippen MR) is 86.2 cm³/mol. The molecule has 3 nitrogen and oxygen atoms in total. The van der Waals surface area contributed by atoms with Crippen molar-refractivity contribution in [2.45, 2.75) is 13.5 Å². The molecule has 0 bridgehead atoms. The van der Waals surface area contributed by atoms with Crippen molar-refractivity contribution in [3.63, 3.8) is 0 Å². The highest BCUT2D eigenvalue weighted by atomic mass is 16.5. The number of aryl methyl sites for hydroxylation is 1. The van der Waals surface area contributed by atoms with E-state index < -0.39 is 0 Å². The number of pyridine rings is 1. The van der Waals surface area contributed by atoms with E-state index in [1.165, 1.54) is 5.39 Å². The zero-order chi connectivity index (χ0) is 15.5. The maximum atomic E-state index is 12.5. The summed E-state index contributed by atoms with van der Waals surface area (Å²) in [5, 5.41) is 2.28. The van der Waals surface area contributed by atoms with Crippen molar-refractivity contribution in [2.24, 2.45) is 0 Å². The zero-order valence-electron chi connectivity index (χ0n) is 12.7. The lowest BCUT2D eigenvalue weighted by Gasteiger charge is -2.07. The van der Waals surface area contributed by atoms with Crippen LogP contribution in [0.25, 0.3) is 10.8 Å². The molecule has 0 saturated heterocycles. The van der Waals surface area contributed by atoms with Gasteiger partial charge < -0.3 is 4.74 Å².